The topological polar surface area (TPSA) is 80.2 Å². The number of nitrogens with zero attached hydrogens (tertiary/aromatic N) is 2. The molecule has 1 saturated heterocycles. The number of hydroxylamine groups is 2. The average molecular weight is 586 g/mol. The molecule has 0 radical (unpaired) electrons. The number of amides is 2. The molecular formula is C23H19Cl2F6N3O4. The third-order valence-corrected chi connectivity index (χ3v) is 6.77. The number of hydrogen-bond acceptors (Lipinski definition) is 5. The van der Waals surface area contributed by atoms with E-state index in [1.807, 2.05) is 0 Å². The Hall–Kier alpha value is -2.77. The molecule has 0 saturated carbocycles. The van der Waals surface area contributed by atoms with Crippen LogP contribution in [0, 0.1) is 12.8 Å². The number of hydrogen-bond donors (Lipinski definition) is 1. The zero-order valence-electron chi connectivity index (χ0n) is 19.4. The largest absolute Gasteiger partial charge is 0.431 e. The second-order valence-corrected chi connectivity index (χ2v) is 9.91. The summed E-state index contributed by atoms with van der Waals surface area (Å²) in [5, 5.41) is 6.33. The van der Waals surface area contributed by atoms with Crippen molar-refractivity contribution in [3.8, 4) is 0 Å². The van der Waals surface area contributed by atoms with Crippen molar-refractivity contribution in [2.45, 2.75) is 43.8 Å². The molecule has 7 nitrogen and oxygen atoms in total. The Morgan fingerprint density at radius 1 is 1.24 bits per heavy atom. The SMILES string of the molecule is Cc1cc(C2=NO[C@@](C3C=C(Cl)C=C(Cl)C3)(C(F)(F)F)C2)ccc1C(=O)N[C@@H]1CON(CC(F)(F)F)C1=O. The molecule has 38 heavy (non-hydrogen) atoms. The minimum absolute atomic E-state index is 0.0188. The van der Waals surface area contributed by atoms with Crippen LogP contribution in [0.15, 0.2) is 45.6 Å². The zero-order valence-corrected chi connectivity index (χ0v) is 20.9. The third-order valence-electron chi connectivity index (χ3n) is 6.27. The van der Waals surface area contributed by atoms with E-state index in [-0.39, 0.29) is 38.4 Å². The molecule has 4 rings (SSSR count). The number of carbonyl (C=O) groups excluding carboxylic acids is 2. The van der Waals surface area contributed by atoms with Crippen LogP contribution in [0.4, 0.5) is 26.3 Å². The standard InChI is InChI=1S/C23H19Cl2F6N3O4/c1-11-4-12(2-3-16(11)19(35)32-18-9-37-34(20(18)36)10-22(26,27)28)17-8-21(38-33-17,23(29,30)31)13-5-14(24)7-15(25)6-13/h2-5,7,13,18H,6,8-10H2,1H3,(H,32,35)/t13?,18-,21+/m1/s1. The number of oxime groups is 1. The van der Waals surface area contributed by atoms with Crippen molar-refractivity contribution in [3.05, 3.63) is 57.1 Å². The van der Waals surface area contributed by atoms with Crippen LogP contribution in [0.5, 0.6) is 0 Å². The summed E-state index contributed by atoms with van der Waals surface area (Å²) in [6, 6.07) is 2.75. The van der Waals surface area contributed by atoms with Crippen molar-refractivity contribution in [2.75, 3.05) is 13.2 Å². The van der Waals surface area contributed by atoms with Gasteiger partial charge in [0.15, 0.2) is 0 Å². The van der Waals surface area contributed by atoms with Gasteiger partial charge in [0.05, 0.1) is 5.71 Å². The van der Waals surface area contributed by atoms with Gasteiger partial charge in [-0.2, -0.15) is 26.3 Å². The highest BCUT2D eigenvalue weighted by atomic mass is 35.5. The first kappa shape index (κ1) is 28.2. The van der Waals surface area contributed by atoms with Gasteiger partial charge in [-0.25, -0.2) is 5.06 Å². The minimum Gasteiger partial charge on any atom is -0.378 e. The Morgan fingerprint density at radius 2 is 1.95 bits per heavy atom. The lowest BCUT2D eigenvalue weighted by Crippen LogP contribution is -2.51. The van der Waals surface area contributed by atoms with E-state index in [2.05, 4.69) is 10.5 Å². The quantitative estimate of drug-likeness (QED) is 0.486. The molecule has 3 aliphatic rings. The minimum atomic E-state index is -4.82. The maximum absolute atomic E-state index is 14.2. The van der Waals surface area contributed by atoms with E-state index in [1.165, 1.54) is 37.3 Å². The Labute approximate surface area is 222 Å². The Morgan fingerprint density at radius 3 is 2.55 bits per heavy atom. The van der Waals surface area contributed by atoms with Crippen molar-refractivity contribution in [1.82, 2.24) is 10.4 Å². The van der Waals surface area contributed by atoms with Crippen LogP contribution in [0.25, 0.3) is 0 Å². The molecule has 0 bridgehead atoms. The van der Waals surface area contributed by atoms with Crippen LogP contribution in [-0.4, -0.2) is 59.7 Å². The van der Waals surface area contributed by atoms with E-state index in [1.54, 1.807) is 0 Å². The van der Waals surface area contributed by atoms with E-state index in [0.717, 1.165) is 0 Å². The fourth-order valence-corrected chi connectivity index (χ4v) is 5.00. The van der Waals surface area contributed by atoms with Crippen LogP contribution < -0.4 is 5.32 Å². The highest BCUT2D eigenvalue weighted by Crippen LogP contribution is 2.50. The number of allylic oxidation sites excluding steroid dienone is 3. The second-order valence-electron chi connectivity index (χ2n) is 8.99. The molecule has 0 aromatic heterocycles. The van der Waals surface area contributed by atoms with Crippen molar-refractivity contribution in [3.63, 3.8) is 0 Å². The Balaban J connectivity index is 1.48. The molecule has 1 fully saturated rings. The van der Waals surface area contributed by atoms with Gasteiger partial charge in [-0.1, -0.05) is 40.5 Å². The van der Waals surface area contributed by atoms with Crippen LogP contribution in [0.1, 0.15) is 34.3 Å². The molecule has 2 amide bonds. The lowest BCUT2D eigenvalue weighted by atomic mass is 9.78. The molecule has 2 aliphatic heterocycles. The maximum atomic E-state index is 14.2. The molecule has 206 valence electrons. The predicted molar refractivity (Wildman–Crippen MR) is 123 cm³/mol. The number of aryl methyl sites for hydroxylation is 1. The van der Waals surface area contributed by atoms with Crippen LogP contribution in [0.2, 0.25) is 0 Å². The summed E-state index contributed by atoms with van der Waals surface area (Å²) in [5.74, 6) is -3.07. The molecule has 0 spiro atoms. The van der Waals surface area contributed by atoms with Gasteiger partial charge in [-0.3, -0.25) is 14.4 Å². The number of halogens is 8. The van der Waals surface area contributed by atoms with Gasteiger partial charge >= 0.3 is 12.4 Å². The zero-order chi connectivity index (χ0) is 28.0. The van der Waals surface area contributed by atoms with Gasteiger partial charge in [0.25, 0.3) is 11.8 Å². The van der Waals surface area contributed by atoms with Crippen molar-refractivity contribution in [2.24, 2.45) is 11.1 Å². The smallest absolute Gasteiger partial charge is 0.378 e. The first-order chi connectivity index (χ1) is 17.6. The molecule has 3 atom stereocenters. The lowest BCUT2D eigenvalue weighted by molar-refractivity contribution is -0.282. The summed E-state index contributed by atoms with van der Waals surface area (Å²) in [4.78, 5) is 34.6. The third kappa shape index (κ3) is 5.64. The van der Waals surface area contributed by atoms with Crippen LogP contribution in [-0.2, 0) is 14.5 Å². The maximum Gasteiger partial charge on any atom is 0.431 e. The average Bonchev–Trinajstić information content (AvgIpc) is 3.38. The molecule has 1 N–H and O–H groups in total. The molecule has 1 aromatic rings. The summed E-state index contributed by atoms with van der Waals surface area (Å²) in [7, 11) is 0. The molecule has 1 aliphatic carbocycles. The summed E-state index contributed by atoms with van der Waals surface area (Å²) >= 11 is 11.9. The Bertz CT molecular complexity index is 1250. The van der Waals surface area contributed by atoms with E-state index >= 15 is 0 Å². The van der Waals surface area contributed by atoms with Gasteiger partial charge in [0.2, 0.25) is 5.60 Å². The van der Waals surface area contributed by atoms with Crippen molar-refractivity contribution in [1.29, 1.82) is 0 Å². The normalized spacial score (nSPS) is 26.1. The number of carbonyl (C=O) groups is 2. The van der Waals surface area contributed by atoms with Crippen molar-refractivity contribution < 1.29 is 45.6 Å². The number of rotatable bonds is 5. The summed E-state index contributed by atoms with van der Waals surface area (Å²) in [6.07, 6.45) is -7.72. The summed E-state index contributed by atoms with van der Waals surface area (Å²) in [5.41, 5.74) is -2.09. The highest BCUT2D eigenvalue weighted by molar-refractivity contribution is 6.35. The van der Waals surface area contributed by atoms with E-state index in [9.17, 15) is 35.9 Å². The number of nitrogens with one attached hydrogen (secondary N) is 1. The molecular weight excluding hydrogens is 567 g/mol. The fraction of sp³-hybridized carbons (Fsp3) is 0.435. The van der Waals surface area contributed by atoms with E-state index in [0.29, 0.717) is 5.56 Å². The van der Waals surface area contributed by atoms with Gasteiger partial charge < -0.3 is 10.2 Å². The van der Waals surface area contributed by atoms with Crippen LogP contribution >= 0.6 is 23.2 Å². The second kappa shape index (κ2) is 10.1. The van der Waals surface area contributed by atoms with E-state index < -0.39 is 61.3 Å². The van der Waals surface area contributed by atoms with Gasteiger partial charge in [-0.15, -0.1) is 0 Å². The summed E-state index contributed by atoms with van der Waals surface area (Å²) in [6.45, 7) is -0.603. The number of alkyl halides is 6. The predicted octanol–water partition coefficient (Wildman–Crippen LogP) is 5.12. The van der Waals surface area contributed by atoms with Gasteiger partial charge in [0.1, 0.15) is 19.2 Å². The molecule has 2 heterocycles. The molecule has 15 heteroatoms. The van der Waals surface area contributed by atoms with E-state index in [4.69, 9.17) is 32.9 Å². The molecule has 1 unspecified atom stereocenters. The van der Waals surface area contributed by atoms with Crippen molar-refractivity contribution >= 4 is 40.7 Å². The Kier molecular flexibility index (Phi) is 7.49. The number of benzene rings is 1. The lowest BCUT2D eigenvalue weighted by Gasteiger charge is -2.36. The summed E-state index contributed by atoms with van der Waals surface area (Å²) < 4.78 is 80.4. The first-order valence-corrected chi connectivity index (χ1v) is 11.8. The fourth-order valence-electron chi connectivity index (χ4n) is 4.38. The highest BCUT2D eigenvalue weighted by Gasteiger charge is 2.65. The van der Waals surface area contributed by atoms with Crippen LogP contribution in [0.3, 0.4) is 0 Å². The first-order valence-electron chi connectivity index (χ1n) is 11.1. The van der Waals surface area contributed by atoms with Gasteiger partial charge in [0, 0.05) is 28.0 Å². The van der Waals surface area contributed by atoms with Gasteiger partial charge in [-0.05, 0) is 42.7 Å². The monoisotopic (exact) mass is 585 g/mol. The molecule has 1 aromatic carbocycles.